The van der Waals surface area contributed by atoms with E-state index in [4.69, 9.17) is 4.42 Å². The van der Waals surface area contributed by atoms with Crippen LogP contribution in [0.1, 0.15) is 5.76 Å². The fourth-order valence-corrected chi connectivity index (χ4v) is 3.16. The summed E-state index contributed by atoms with van der Waals surface area (Å²) in [4.78, 5) is 22.3. The lowest BCUT2D eigenvalue weighted by Crippen LogP contribution is -2.19. The molecule has 6 nitrogen and oxygen atoms in total. The normalized spacial score (nSPS) is 19.4. The van der Waals surface area contributed by atoms with Gasteiger partial charge in [-0.2, -0.15) is 0 Å². The molecule has 0 spiro atoms. The van der Waals surface area contributed by atoms with E-state index in [1.807, 2.05) is 0 Å². The van der Waals surface area contributed by atoms with Crippen molar-refractivity contribution in [1.29, 1.82) is 0 Å². The lowest BCUT2D eigenvalue weighted by Gasteiger charge is -1.96. The molecule has 1 atom stereocenters. The maximum absolute atomic E-state index is 11.6. The van der Waals surface area contributed by atoms with Gasteiger partial charge in [0.25, 0.3) is 11.6 Å². The van der Waals surface area contributed by atoms with Crippen LogP contribution in [0, 0.1) is 10.1 Å². The van der Waals surface area contributed by atoms with Gasteiger partial charge >= 0.3 is 0 Å². The molecule has 2 heterocycles. The number of nitrogens with one attached hydrogen (secondary N) is 1. The van der Waals surface area contributed by atoms with E-state index in [-0.39, 0.29) is 16.3 Å². The van der Waals surface area contributed by atoms with Crippen LogP contribution >= 0.6 is 24.4 Å². The Balaban J connectivity index is 1.83. The summed E-state index contributed by atoms with van der Waals surface area (Å²) in [5, 5.41) is 13.3. The minimum absolute atomic E-state index is 0.0245. The first-order valence-electron chi connectivity index (χ1n) is 6.25. The first-order chi connectivity index (χ1) is 10.5. The molecule has 1 unspecified atom stereocenters. The third-order valence-corrected chi connectivity index (χ3v) is 4.32. The second-order valence-corrected chi connectivity index (χ2v) is 6.47. The number of hydrogen-bond acceptors (Lipinski definition) is 6. The number of nitrogens with zero attached hydrogens (tertiary/aromatic N) is 1. The van der Waals surface area contributed by atoms with E-state index in [2.05, 4.69) is 17.9 Å². The maximum atomic E-state index is 11.6. The van der Waals surface area contributed by atoms with Gasteiger partial charge in [-0.1, -0.05) is 11.8 Å². The molecule has 112 valence electrons. The van der Waals surface area contributed by atoms with Crippen molar-refractivity contribution < 1.29 is 14.1 Å². The zero-order valence-corrected chi connectivity index (χ0v) is 12.8. The number of furan rings is 1. The Bertz CT molecular complexity index is 767. The molecule has 1 saturated heterocycles. The van der Waals surface area contributed by atoms with Crippen molar-refractivity contribution in [1.82, 2.24) is 5.32 Å². The molecule has 1 N–H and O–H groups in total. The van der Waals surface area contributed by atoms with Gasteiger partial charge in [0.15, 0.2) is 0 Å². The van der Waals surface area contributed by atoms with Gasteiger partial charge in [0.1, 0.15) is 16.2 Å². The van der Waals surface area contributed by atoms with Crippen molar-refractivity contribution in [3.63, 3.8) is 0 Å². The molecule has 22 heavy (non-hydrogen) atoms. The number of hydrogen-bond donors (Lipinski definition) is 2. The van der Waals surface area contributed by atoms with Gasteiger partial charge in [0, 0.05) is 23.8 Å². The number of non-ortho nitro benzene ring substituents is 1. The summed E-state index contributed by atoms with van der Waals surface area (Å²) >= 11 is 5.48. The first-order valence-corrected chi connectivity index (χ1v) is 7.64. The number of carbonyl (C=O) groups excluding carboxylic acids is 1. The highest BCUT2D eigenvalue weighted by atomic mass is 32.2. The fraction of sp³-hybridized carbons (Fsp3) is 0.0714. The number of thiol groups is 1. The predicted molar refractivity (Wildman–Crippen MR) is 87.3 cm³/mol. The van der Waals surface area contributed by atoms with Crippen molar-refractivity contribution in [3.8, 4) is 11.3 Å². The Morgan fingerprint density at radius 1 is 1.27 bits per heavy atom. The monoisotopic (exact) mass is 334 g/mol. The van der Waals surface area contributed by atoms with Crippen LogP contribution in [0.5, 0.6) is 0 Å². The summed E-state index contributed by atoms with van der Waals surface area (Å²) in [7, 11) is 0. The van der Waals surface area contributed by atoms with E-state index in [1.165, 1.54) is 23.9 Å². The van der Waals surface area contributed by atoms with Crippen molar-refractivity contribution >= 4 is 42.1 Å². The SMILES string of the molecule is O=C1NC(S)S/C1=C\c1ccc(-c2ccc([N+](=O)[O-])cc2)o1. The average Bonchev–Trinajstić information content (AvgIpc) is 3.06. The Kier molecular flexibility index (Phi) is 3.95. The van der Waals surface area contributed by atoms with Crippen LogP contribution in [0.3, 0.4) is 0 Å². The minimum atomic E-state index is -0.453. The Morgan fingerprint density at radius 3 is 2.59 bits per heavy atom. The lowest BCUT2D eigenvalue weighted by molar-refractivity contribution is -0.384. The summed E-state index contributed by atoms with van der Waals surface area (Å²) in [6.45, 7) is 0. The third-order valence-electron chi connectivity index (χ3n) is 2.98. The van der Waals surface area contributed by atoms with Crippen LogP contribution in [0.4, 0.5) is 5.69 Å². The molecule has 3 rings (SSSR count). The molecule has 8 heteroatoms. The van der Waals surface area contributed by atoms with E-state index in [1.54, 1.807) is 30.3 Å². The number of rotatable bonds is 3. The van der Waals surface area contributed by atoms with Gasteiger partial charge in [-0.25, -0.2) is 0 Å². The fourth-order valence-electron chi connectivity index (χ4n) is 1.95. The standard InChI is InChI=1S/C14H10N2O4S2/c17-13-12(22-14(21)15-13)7-10-5-6-11(20-10)8-1-3-9(4-2-8)16(18)19/h1-7,14,21H,(H,15,17)/b12-7-. The van der Waals surface area contributed by atoms with Crippen LogP contribution < -0.4 is 5.32 Å². The second kappa shape index (κ2) is 5.90. The number of thioether (sulfide) groups is 1. The molecular weight excluding hydrogens is 324 g/mol. The quantitative estimate of drug-likeness (QED) is 0.389. The second-order valence-electron chi connectivity index (χ2n) is 4.46. The van der Waals surface area contributed by atoms with Crippen LogP contribution in [-0.2, 0) is 4.79 Å². The number of amides is 1. The number of carbonyl (C=O) groups is 1. The molecule has 0 aliphatic carbocycles. The van der Waals surface area contributed by atoms with Crippen molar-refractivity contribution in [3.05, 3.63) is 57.2 Å². The molecule has 1 aromatic heterocycles. The molecule has 1 fully saturated rings. The first kappa shape index (κ1) is 14.7. The summed E-state index contributed by atoms with van der Waals surface area (Å²) in [6.07, 6.45) is 1.64. The number of nitro groups is 1. The molecule has 0 saturated carbocycles. The molecule has 1 amide bonds. The van der Waals surface area contributed by atoms with Crippen LogP contribution in [0.15, 0.2) is 45.7 Å². The summed E-state index contributed by atoms with van der Waals surface area (Å²) in [5.41, 5.74) is 0.752. The summed E-state index contributed by atoms with van der Waals surface area (Å²) in [6, 6.07) is 9.57. The molecule has 1 aliphatic rings. The average molecular weight is 334 g/mol. The highest BCUT2D eigenvalue weighted by molar-refractivity contribution is 8.14. The van der Waals surface area contributed by atoms with Crippen molar-refractivity contribution in [2.75, 3.05) is 0 Å². The zero-order chi connectivity index (χ0) is 15.7. The van der Waals surface area contributed by atoms with E-state index >= 15 is 0 Å². The molecular formula is C14H10N2O4S2. The van der Waals surface area contributed by atoms with Gasteiger partial charge in [0.05, 0.1) is 9.83 Å². The molecule has 0 bridgehead atoms. The van der Waals surface area contributed by atoms with Crippen LogP contribution in [0.2, 0.25) is 0 Å². The van der Waals surface area contributed by atoms with Crippen molar-refractivity contribution in [2.24, 2.45) is 0 Å². The Labute approximate surface area is 135 Å². The highest BCUT2D eigenvalue weighted by Gasteiger charge is 2.24. The topological polar surface area (TPSA) is 85.4 Å². The lowest BCUT2D eigenvalue weighted by atomic mass is 10.1. The predicted octanol–water partition coefficient (Wildman–Crippen LogP) is 3.27. The maximum Gasteiger partial charge on any atom is 0.269 e. The zero-order valence-electron chi connectivity index (χ0n) is 11.1. The van der Waals surface area contributed by atoms with Crippen LogP contribution in [0.25, 0.3) is 17.4 Å². The molecule has 1 aliphatic heterocycles. The smallest absolute Gasteiger partial charge is 0.269 e. The molecule has 0 radical (unpaired) electrons. The van der Waals surface area contributed by atoms with E-state index in [0.29, 0.717) is 16.4 Å². The number of benzene rings is 1. The largest absolute Gasteiger partial charge is 0.457 e. The molecule has 1 aromatic carbocycles. The minimum Gasteiger partial charge on any atom is -0.457 e. The van der Waals surface area contributed by atoms with Gasteiger partial charge in [-0.15, -0.1) is 12.6 Å². The van der Waals surface area contributed by atoms with Crippen molar-refractivity contribution in [2.45, 2.75) is 4.71 Å². The van der Waals surface area contributed by atoms with E-state index in [9.17, 15) is 14.9 Å². The third kappa shape index (κ3) is 3.02. The van der Waals surface area contributed by atoms with Gasteiger partial charge in [-0.3, -0.25) is 14.9 Å². The van der Waals surface area contributed by atoms with Crippen LogP contribution in [-0.4, -0.2) is 15.5 Å². The highest BCUT2D eigenvalue weighted by Crippen LogP contribution is 2.32. The van der Waals surface area contributed by atoms with Gasteiger partial charge < -0.3 is 9.73 Å². The van der Waals surface area contributed by atoms with E-state index < -0.39 is 4.92 Å². The van der Waals surface area contributed by atoms with Gasteiger partial charge in [-0.05, 0) is 24.3 Å². The Morgan fingerprint density at radius 2 is 2.00 bits per heavy atom. The summed E-state index contributed by atoms with van der Waals surface area (Å²) in [5.74, 6) is 0.930. The summed E-state index contributed by atoms with van der Waals surface area (Å²) < 4.78 is 5.40. The molecule has 2 aromatic rings. The van der Waals surface area contributed by atoms with Gasteiger partial charge in [0.2, 0.25) is 0 Å². The number of nitro benzene ring substituents is 1. The van der Waals surface area contributed by atoms with E-state index in [0.717, 1.165) is 5.56 Å². The Hall–Kier alpha value is -2.19.